The van der Waals surface area contributed by atoms with E-state index in [1.807, 2.05) is 0 Å². The highest BCUT2D eigenvalue weighted by Gasteiger charge is 2.38. The van der Waals surface area contributed by atoms with E-state index >= 15 is 0 Å². The average molecular weight is 689 g/mol. The van der Waals surface area contributed by atoms with E-state index in [1.165, 1.54) is 37.4 Å². The largest absolute Gasteiger partial charge is 0.508 e. The number of carbonyl (C=O) groups excluding carboxylic acids is 1. The van der Waals surface area contributed by atoms with Crippen molar-refractivity contribution in [2.24, 2.45) is 0 Å². The highest BCUT2D eigenvalue weighted by atomic mass is 19.4. The van der Waals surface area contributed by atoms with Crippen molar-refractivity contribution in [3.63, 3.8) is 0 Å². The summed E-state index contributed by atoms with van der Waals surface area (Å²) in [4.78, 5) is 25.8. The van der Waals surface area contributed by atoms with Crippen molar-refractivity contribution in [2.75, 3.05) is 12.4 Å². The molecule has 2 aromatic heterocycles. The van der Waals surface area contributed by atoms with Gasteiger partial charge in [-0.2, -0.15) is 13.2 Å². The molecule has 1 aliphatic rings. The molecule has 50 heavy (non-hydrogen) atoms. The molecule has 1 aliphatic heterocycles. The van der Waals surface area contributed by atoms with E-state index in [1.54, 1.807) is 24.3 Å². The van der Waals surface area contributed by atoms with Gasteiger partial charge in [0.15, 0.2) is 40.6 Å². The average Bonchev–Trinajstić information content (AvgIpc) is 3.58. The first-order valence-electron chi connectivity index (χ1n) is 14.7. The van der Waals surface area contributed by atoms with E-state index in [2.05, 4.69) is 10.5 Å². The van der Waals surface area contributed by atoms with E-state index < -0.39 is 41.0 Å². The minimum Gasteiger partial charge on any atom is -0.508 e. The molecule has 0 saturated carbocycles. The van der Waals surface area contributed by atoms with E-state index in [0.29, 0.717) is 11.1 Å². The molecular weight excluding hydrogens is 665 g/mol. The lowest BCUT2D eigenvalue weighted by atomic mass is 9.99. The van der Waals surface area contributed by atoms with E-state index in [0.717, 1.165) is 30.3 Å². The minimum atomic E-state index is -4.54. The summed E-state index contributed by atoms with van der Waals surface area (Å²) in [6.45, 7) is 0. The summed E-state index contributed by atoms with van der Waals surface area (Å²) < 4.78 is 67.9. The van der Waals surface area contributed by atoms with Gasteiger partial charge in [-0.1, -0.05) is 11.2 Å². The summed E-state index contributed by atoms with van der Waals surface area (Å²) in [7, 11) is 1.37. The molecule has 15 heteroatoms. The quantitative estimate of drug-likeness (QED) is 0.141. The molecule has 0 saturated heterocycles. The maximum absolute atomic E-state index is 12.9. The third-order valence-corrected chi connectivity index (χ3v) is 7.85. The van der Waals surface area contributed by atoms with Gasteiger partial charge in [0, 0.05) is 41.1 Å². The summed E-state index contributed by atoms with van der Waals surface area (Å²) in [6.07, 6.45) is -6.56. The maximum atomic E-state index is 12.9. The second-order valence-electron chi connectivity index (χ2n) is 11.1. The second kappa shape index (κ2) is 12.1. The first-order valence-corrected chi connectivity index (χ1v) is 14.7. The Balaban J connectivity index is 1.22. The normalized spacial score (nSPS) is 15.5. The van der Waals surface area contributed by atoms with Crippen molar-refractivity contribution in [3.05, 3.63) is 118 Å². The predicted molar refractivity (Wildman–Crippen MR) is 169 cm³/mol. The van der Waals surface area contributed by atoms with Crippen LogP contribution in [0.15, 0.2) is 98.7 Å². The van der Waals surface area contributed by atoms with Crippen molar-refractivity contribution in [2.45, 2.75) is 18.4 Å². The number of anilines is 1. The number of aromatic hydroxyl groups is 3. The van der Waals surface area contributed by atoms with Crippen LogP contribution in [-0.2, 0) is 6.18 Å². The molecule has 6 aromatic rings. The maximum Gasteiger partial charge on any atom is 0.416 e. The predicted octanol–water partition coefficient (Wildman–Crippen LogP) is 7.10. The fourth-order valence-electron chi connectivity index (χ4n) is 5.44. The zero-order chi connectivity index (χ0) is 35.3. The number of fused-ring (bicyclic) bond motifs is 2. The lowest BCUT2D eigenvalue weighted by molar-refractivity contribution is -0.137. The van der Waals surface area contributed by atoms with Crippen LogP contribution in [0.3, 0.4) is 0 Å². The molecule has 0 spiro atoms. The van der Waals surface area contributed by atoms with Crippen LogP contribution in [0.5, 0.6) is 34.5 Å². The van der Waals surface area contributed by atoms with E-state index in [-0.39, 0.29) is 62.6 Å². The van der Waals surface area contributed by atoms with Gasteiger partial charge in [0.25, 0.3) is 5.91 Å². The van der Waals surface area contributed by atoms with E-state index in [4.69, 9.17) is 23.2 Å². The fourth-order valence-corrected chi connectivity index (χ4v) is 5.44. The molecule has 3 heterocycles. The molecule has 7 rings (SSSR count). The van der Waals surface area contributed by atoms with Crippen LogP contribution < -0.4 is 25.0 Å². The van der Waals surface area contributed by atoms with Gasteiger partial charge in [-0.3, -0.25) is 9.59 Å². The summed E-state index contributed by atoms with van der Waals surface area (Å²) in [6, 6.07) is 17.7. The van der Waals surface area contributed by atoms with Gasteiger partial charge in [0.1, 0.15) is 33.9 Å². The fraction of sp³-hybridized carbons (Fsp3) is 0.114. The van der Waals surface area contributed by atoms with Crippen molar-refractivity contribution < 1.29 is 56.4 Å². The Kier molecular flexibility index (Phi) is 7.73. The Labute approximate surface area is 278 Å². The summed E-state index contributed by atoms with van der Waals surface area (Å²) in [5.41, 5.74) is -0.410. The SMILES string of the molecule is COc1cc(C2Oc3cc(-c4cc(=O)c5c(O)cc(O)cc5o4)ccc3OC2c2cc(C(=O)Nc3ccc(C(F)(F)F)cc3)on2)ccc1O. The topological polar surface area (TPSA) is 174 Å². The van der Waals surface area contributed by atoms with Crippen LogP contribution in [0, 0.1) is 0 Å². The van der Waals surface area contributed by atoms with E-state index in [9.17, 15) is 38.1 Å². The lowest BCUT2D eigenvalue weighted by Crippen LogP contribution is -2.27. The Bertz CT molecular complexity index is 2330. The van der Waals surface area contributed by atoms with Crippen molar-refractivity contribution in [3.8, 4) is 45.8 Å². The number of nitrogens with one attached hydrogen (secondary N) is 1. The molecule has 0 radical (unpaired) electrons. The highest BCUT2D eigenvalue weighted by molar-refractivity contribution is 6.02. The first-order chi connectivity index (χ1) is 23.9. The third-order valence-electron chi connectivity index (χ3n) is 7.85. The lowest BCUT2D eigenvalue weighted by Gasteiger charge is -2.33. The number of phenolic OH excluding ortho intramolecular Hbond substituents is 3. The molecule has 0 fully saturated rings. The summed E-state index contributed by atoms with van der Waals surface area (Å²) in [5, 5.41) is 36.6. The number of ether oxygens (including phenoxy) is 3. The zero-order valence-electron chi connectivity index (χ0n) is 25.5. The molecule has 2 atom stereocenters. The number of halogens is 3. The standard InChI is InChI=1S/C35H23F3N2O10/c1-46-27-11-17(2-8-22(27)42)32-33(21-14-30(50-40-21)34(45)39-19-6-4-18(5-7-19)35(36,37)38)48-25-9-3-16(10-28(25)49-32)26-15-24(44)31-23(43)12-20(41)13-29(31)47-26/h2-15,32-33,41-43H,1H3,(H,39,45). The van der Waals surface area contributed by atoms with Crippen molar-refractivity contribution in [1.29, 1.82) is 0 Å². The number of phenols is 3. The van der Waals surface area contributed by atoms with Crippen LogP contribution >= 0.6 is 0 Å². The number of benzene rings is 4. The highest BCUT2D eigenvalue weighted by Crippen LogP contribution is 2.48. The molecule has 0 aliphatic carbocycles. The zero-order valence-corrected chi connectivity index (χ0v) is 25.5. The summed E-state index contributed by atoms with van der Waals surface area (Å²) in [5.74, 6) is -1.26. The van der Waals surface area contributed by atoms with Gasteiger partial charge >= 0.3 is 6.18 Å². The third kappa shape index (κ3) is 5.96. The number of nitrogens with zero attached hydrogens (tertiary/aromatic N) is 1. The van der Waals surface area contributed by atoms with Crippen LogP contribution in [0.2, 0.25) is 0 Å². The number of alkyl halides is 3. The Morgan fingerprint density at radius 2 is 1.62 bits per heavy atom. The number of hydrogen-bond acceptors (Lipinski definition) is 11. The van der Waals surface area contributed by atoms with Gasteiger partial charge in [-0.05, 0) is 54.6 Å². The van der Waals surface area contributed by atoms with Crippen LogP contribution in [0.25, 0.3) is 22.3 Å². The Hall–Kier alpha value is -6.64. The minimum absolute atomic E-state index is 0.0433. The van der Waals surface area contributed by atoms with Crippen molar-refractivity contribution in [1.82, 2.24) is 5.16 Å². The molecule has 4 aromatic carbocycles. The van der Waals surface area contributed by atoms with Gasteiger partial charge in [-0.15, -0.1) is 0 Å². The number of rotatable bonds is 6. The van der Waals surface area contributed by atoms with Crippen molar-refractivity contribution >= 4 is 22.6 Å². The van der Waals surface area contributed by atoms with Crippen LogP contribution in [-0.4, -0.2) is 33.5 Å². The second-order valence-corrected chi connectivity index (χ2v) is 11.1. The molecule has 12 nitrogen and oxygen atoms in total. The van der Waals surface area contributed by atoms with Gasteiger partial charge in [0.05, 0.1) is 12.7 Å². The number of methoxy groups -OCH3 is 1. The van der Waals surface area contributed by atoms with Crippen LogP contribution in [0.1, 0.15) is 39.6 Å². The number of hydrogen-bond donors (Lipinski definition) is 4. The molecule has 1 amide bonds. The molecule has 4 N–H and O–H groups in total. The summed E-state index contributed by atoms with van der Waals surface area (Å²) >= 11 is 0. The number of carbonyl (C=O) groups is 1. The first kappa shape index (κ1) is 31.9. The monoisotopic (exact) mass is 688 g/mol. The van der Waals surface area contributed by atoms with Crippen LogP contribution in [0.4, 0.5) is 18.9 Å². The molecular formula is C35H23F3N2O10. The number of amides is 1. The molecule has 0 bridgehead atoms. The molecule has 2 unspecified atom stereocenters. The van der Waals surface area contributed by atoms with Gasteiger partial charge < -0.3 is 43.8 Å². The molecule has 254 valence electrons. The number of aromatic nitrogens is 1. The van der Waals surface area contributed by atoms with Gasteiger partial charge in [0.2, 0.25) is 5.76 Å². The van der Waals surface area contributed by atoms with Gasteiger partial charge in [-0.25, -0.2) is 0 Å². The Morgan fingerprint density at radius 1 is 0.860 bits per heavy atom. The smallest absolute Gasteiger partial charge is 0.416 e. The Morgan fingerprint density at radius 3 is 2.36 bits per heavy atom.